The Morgan fingerprint density at radius 3 is 2.95 bits per heavy atom. The van der Waals surface area contributed by atoms with Crippen molar-refractivity contribution in [2.75, 3.05) is 6.61 Å². The minimum absolute atomic E-state index is 0.0777. The second-order valence-corrected chi connectivity index (χ2v) is 5.13. The number of benzene rings is 1. The van der Waals surface area contributed by atoms with E-state index in [4.69, 9.17) is 16.3 Å². The van der Waals surface area contributed by atoms with E-state index < -0.39 is 5.92 Å². The molecule has 0 radical (unpaired) electrons. The second kappa shape index (κ2) is 6.70. The molecule has 1 aromatic carbocycles. The van der Waals surface area contributed by atoms with E-state index in [9.17, 15) is 10.1 Å². The molecule has 2 rings (SSSR count). The van der Waals surface area contributed by atoms with Crippen LogP contribution in [0.1, 0.15) is 37.2 Å². The summed E-state index contributed by atoms with van der Waals surface area (Å²) >= 11 is 6.04. The quantitative estimate of drug-likeness (QED) is 0.828. The van der Waals surface area contributed by atoms with Crippen molar-refractivity contribution in [2.24, 2.45) is 0 Å². The first kappa shape index (κ1) is 14.0. The van der Waals surface area contributed by atoms with E-state index in [1.807, 2.05) is 0 Å². The van der Waals surface area contributed by atoms with Gasteiger partial charge in [0.1, 0.15) is 5.92 Å². The van der Waals surface area contributed by atoms with Crippen molar-refractivity contribution in [3.63, 3.8) is 0 Å². The summed E-state index contributed by atoms with van der Waals surface area (Å²) in [6.45, 7) is 0.783. The largest absolute Gasteiger partial charge is 0.378 e. The van der Waals surface area contributed by atoms with Gasteiger partial charge in [0.25, 0.3) is 0 Å². The van der Waals surface area contributed by atoms with Gasteiger partial charge in [-0.2, -0.15) is 5.26 Å². The number of nitriles is 1. The van der Waals surface area contributed by atoms with E-state index in [0.29, 0.717) is 23.4 Å². The molecule has 1 fully saturated rings. The van der Waals surface area contributed by atoms with Gasteiger partial charge in [-0.05, 0) is 30.9 Å². The molecule has 0 saturated carbocycles. The molecule has 2 unspecified atom stereocenters. The molecular weight excluding hydrogens is 262 g/mol. The van der Waals surface area contributed by atoms with E-state index in [2.05, 4.69) is 6.07 Å². The lowest BCUT2D eigenvalue weighted by Crippen LogP contribution is -2.14. The van der Waals surface area contributed by atoms with Gasteiger partial charge >= 0.3 is 0 Å². The summed E-state index contributed by atoms with van der Waals surface area (Å²) in [5.41, 5.74) is 0.601. The molecule has 0 amide bonds. The standard InChI is InChI=1S/C15H16ClNO2/c16-14-6-2-1-5-12(14)13(10-17)15(18)8-7-11-4-3-9-19-11/h1-2,5-6,11,13H,3-4,7-9H2. The fourth-order valence-electron chi connectivity index (χ4n) is 2.34. The van der Waals surface area contributed by atoms with Crippen LogP contribution in [0.15, 0.2) is 24.3 Å². The summed E-state index contributed by atoms with van der Waals surface area (Å²) in [5, 5.41) is 9.68. The number of Topliss-reactive ketones (excluding diaryl/α,β-unsaturated/α-hetero) is 1. The maximum atomic E-state index is 12.1. The van der Waals surface area contributed by atoms with Crippen molar-refractivity contribution in [1.82, 2.24) is 0 Å². The normalized spacial score (nSPS) is 19.9. The first-order valence-electron chi connectivity index (χ1n) is 6.50. The van der Waals surface area contributed by atoms with Crippen molar-refractivity contribution in [3.8, 4) is 6.07 Å². The highest BCUT2D eigenvalue weighted by Crippen LogP contribution is 2.27. The van der Waals surface area contributed by atoms with Crippen LogP contribution >= 0.6 is 11.6 Å². The van der Waals surface area contributed by atoms with Crippen LogP contribution in [0, 0.1) is 11.3 Å². The Morgan fingerprint density at radius 1 is 1.53 bits per heavy atom. The third-order valence-electron chi connectivity index (χ3n) is 3.40. The van der Waals surface area contributed by atoms with Crippen LogP contribution in [0.3, 0.4) is 0 Å². The first-order valence-corrected chi connectivity index (χ1v) is 6.88. The summed E-state index contributed by atoms with van der Waals surface area (Å²) in [5.74, 6) is -0.846. The minimum Gasteiger partial charge on any atom is -0.378 e. The van der Waals surface area contributed by atoms with Crippen LogP contribution in [0.2, 0.25) is 5.02 Å². The molecule has 0 spiro atoms. The van der Waals surface area contributed by atoms with Gasteiger partial charge in [-0.3, -0.25) is 4.79 Å². The highest BCUT2D eigenvalue weighted by molar-refractivity contribution is 6.31. The van der Waals surface area contributed by atoms with E-state index >= 15 is 0 Å². The van der Waals surface area contributed by atoms with Gasteiger partial charge in [0.2, 0.25) is 0 Å². The Morgan fingerprint density at radius 2 is 2.32 bits per heavy atom. The highest BCUT2D eigenvalue weighted by atomic mass is 35.5. The van der Waals surface area contributed by atoms with Crippen LogP contribution in [-0.2, 0) is 9.53 Å². The topological polar surface area (TPSA) is 50.1 Å². The Balaban J connectivity index is 1.99. The molecule has 0 aromatic heterocycles. The summed E-state index contributed by atoms with van der Waals surface area (Å²) in [6.07, 6.45) is 3.31. The molecule has 2 atom stereocenters. The van der Waals surface area contributed by atoms with Gasteiger partial charge in [-0.1, -0.05) is 29.8 Å². The SMILES string of the molecule is N#CC(C(=O)CCC1CCCO1)c1ccccc1Cl. The van der Waals surface area contributed by atoms with Gasteiger partial charge in [-0.15, -0.1) is 0 Å². The molecule has 4 heteroatoms. The second-order valence-electron chi connectivity index (χ2n) is 4.72. The summed E-state index contributed by atoms with van der Waals surface area (Å²) in [7, 11) is 0. The third-order valence-corrected chi connectivity index (χ3v) is 3.75. The van der Waals surface area contributed by atoms with Crippen molar-refractivity contribution in [2.45, 2.75) is 37.7 Å². The Bertz CT molecular complexity index is 489. The van der Waals surface area contributed by atoms with Gasteiger partial charge in [-0.25, -0.2) is 0 Å². The van der Waals surface area contributed by atoms with Gasteiger partial charge in [0.05, 0.1) is 12.2 Å². The average Bonchev–Trinajstić information content (AvgIpc) is 2.92. The van der Waals surface area contributed by atoms with Crippen LogP contribution in [0.25, 0.3) is 0 Å². The number of hydrogen-bond acceptors (Lipinski definition) is 3. The predicted octanol–water partition coefficient (Wildman–Crippen LogP) is 3.48. The molecule has 0 aliphatic carbocycles. The van der Waals surface area contributed by atoms with E-state index in [0.717, 1.165) is 19.4 Å². The lowest BCUT2D eigenvalue weighted by molar-refractivity contribution is -0.120. The number of hydrogen-bond donors (Lipinski definition) is 0. The maximum Gasteiger partial charge on any atom is 0.154 e. The lowest BCUT2D eigenvalue weighted by Gasteiger charge is -2.12. The molecule has 3 nitrogen and oxygen atoms in total. The number of carbonyl (C=O) groups excluding carboxylic acids is 1. The number of ether oxygens (including phenoxy) is 1. The molecule has 100 valence electrons. The number of carbonyl (C=O) groups is 1. The Labute approximate surface area is 118 Å². The molecular formula is C15H16ClNO2. The lowest BCUT2D eigenvalue weighted by atomic mass is 9.92. The Hall–Kier alpha value is -1.37. The minimum atomic E-state index is -0.768. The predicted molar refractivity (Wildman–Crippen MR) is 73.0 cm³/mol. The van der Waals surface area contributed by atoms with Crippen LogP contribution in [0.5, 0.6) is 0 Å². The molecule has 19 heavy (non-hydrogen) atoms. The molecule has 1 aromatic rings. The van der Waals surface area contributed by atoms with Crippen LogP contribution < -0.4 is 0 Å². The maximum absolute atomic E-state index is 12.1. The van der Waals surface area contributed by atoms with Crippen molar-refractivity contribution < 1.29 is 9.53 Å². The van der Waals surface area contributed by atoms with Crippen molar-refractivity contribution in [1.29, 1.82) is 5.26 Å². The zero-order valence-electron chi connectivity index (χ0n) is 10.6. The van der Waals surface area contributed by atoms with Crippen molar-refractivity contribution >= 4 is 17.4 Å². The summed E-state index contributed by atoms with van der Waals surface area (Å²) in [6, 6.07) is 9.08. The number of nitrogens with zero attached hydrogens (tertiary/aromatic N) is 1. The molecule has 1 aliphatic rings. The Kier molecular flexibility index (Phi) is 4.95. The zero-order chi connectivity index (χ0) is 13.7. The van der Waals surface area contributed by atoms with Gasteiger partial charge in [0, 0.05) is 18.1 Å². The average molecular weight is 278 g/mol. The fourth-order valence-corrected chi connectivity index (χ4v) is 2.59. The van der Waals surface area contributed by atoms with Gasteiger partial charge in [0.15, 0.2) is 5.78 Å². The number of halogens is 1. The van der Waals surface area contributed by atoms with E-state index in [1.165, 1.54) is 0 Å². The number of ketones is 1. The first-order chi connectivity index (χ1) is 9.22. The molecule has 1 saturated heterocycles. The zero-order valence-corrected chi connectivity index (χ0v) is 11.4. The fraction of sp³-hybridized carbons (Fsp3) is 0.467. The summed E-state index contributed by atoms with van der Waals surface area (Å²) < 4.78 is 5.48. The van der Waals surface area contributed by atoms with Crippen LogP contribution in [0.4, 0.5) is 0 Å². The van der Waals surface area contributed by atoms with Crippen LogP contribution in [-0.4, -0.2) is 18.5 Å². The molecule has 0 N–H and O–H groups in total. The summed E-state index contributed by atoms with van der Waals surface area (Å²) in [4.78, 5) is 12.1. The van der Waals surface area contributed by atoms with E-state index in [1.54, 1.807) is 24.3 Å². The number of rotatable bonds is 5. The molecule has 0 bridgehead atoms. The highest BCUT2D eigenvalue weighted by Gasteiger charge is 2.24. The monoisotopic (exact) mass is 277 g/mol. The van der Waals surface area contributed by atoms with Crippen molar-refractivity contribution in [3.05, 3.63) is 34.9 Å². The third kappa shape index (κ3) is 3.56. The molecule has 1 heterocycles. The van der Waals surface area contributed by atoms with Gasteiger partial charge < -0.3 is 4.74 Å². The van der Waals surface area contributed by atoms with E-state index in [-0.39, 0.29) is 11.9 Å². The molecule has 1 aliphatic heterocycles. The smallest absolute Gasteiger partial charge is 0.154 e.